The van der Waals surface area contributed by atoms with Crippen molar-refractivity contribution in [3.8, 4) is 0 Å². The smallest absolute Gasteiger partial charge is 0.137 e. The summed E-state index contributed by atoms with van der Waals surface area (Å²) >= 11 is 0. The molecule has 4 unspecified atom stereocenters. The highest BCUT2D eigenvalue weighted by molar-refractivity contribution is 5.83. The first-order chi connectivity index (χ1) is 10.1. The maximum absolute atomic E-state index is 12.0. The van der Waals surface area contributed by atoms with Crippen molar-refractivity contribution in [2.24, 2.45) is 5.92 Å². The Bertz CT molecular complexity index is 336. The molecule has 5 heteroatoms. The Kier molecular flexibility index (Phi) is 6.61. The molecule has 0 bridgehead atoms. The number of hydrogen-bond donors (Lipinski definition) is 1. The average molecular weight is 299 g/mol. The van der Waals surface area contributed by atoms with Gasteiger partial charge in [-0.2, -0.15) is 0 Å². The zero-order valence-electron chi connectivity index (χ0n) is 13.3. The van der Waals surface area contributed by atoms with Crippen LogP contribution in [0.15, 0.2) is 0 Å². The van der Waals surface area contributed by atoms with Gasteiger partial charge >= 0.3 is 0 Å². The monoisotopic (exact) mass is 299 g/mol. The summed E-state index contributed by atoms with van der Waals surface area (Å²) in [7, 11) is 1.64. The quantitative estimate of drug-likeness (QED) is 0.730. The molecule has 21 heavy (non-hydrogen) atoms. The van der Waals surface area contributed by atoms with E-state index >= 15 is 0 Å². The third-order valence-electron chi connectivity index (χ3n) is 4.65. The van der Waals surface area contributed by atoms with Gasteiger partial charge in [-0.25, -0.2) is 0 Å². The van der Waals surface area contributed by atoms with Crippen LogP contribution in [0.1, 0.15) is 39.0 Å². The highest BCUT2D eigenvalue weighted by atomic mass is 16.5. The number of rotatable bonds is 8. The van der Waals surface area contributed by atoms with E-state index in [0.29, 0.717) is 31.6 Å². The number of likely N-dealkylation sites (tertiary alicyclic amines) is 1. The van der Waals surface area contributed by atoms with Gasteiger partial charge in [-0.3, -0.25) is 9.69 Å². The molecule has 0 aromatic carbocycles. The third kappa shape index (κ3) is 4.74. The fourth-order valence-corrected chi connectivity index (χ4v) is 3.67. The van der Waals surface area contributed by atoms with Crippen LogP contribution in [0.25, 0.3) is 0 Å². The van der Waals surface area contributed by atoms with Gasteiger partial charge in [0.25, 0.3) is 0 Å². The Balaban J connectivity index is 1.76. The molecule has 1 N–H and O–H groups in total. The summed E-state index contributed by atoms with van der Waals surface area (Å²) in [6, 6.07) is 0.339. The second-order valence-electron chi connectivity index (χ2n) is 6.42. The van der Waals surface area contributed by atoms with Crippen LogP contribution < -0.4 is 0 Å². The van der Waals surface area contributed by atoms with Gasteiger partial charge in [0, 0.05) is 32.0 Å². The number of carbonyl (C=O) groups is 1. The number of Topliss-reactive ketones (excluding diaryl/α,β-unsaturated/α-hetero) is 1. The van der Waals surface area contributed by atoms with E-state index in [1.807, 2.05) is 6.92 Å². The van der Waals surface area contributed by atoms with E-state index in [1.54, 1.807) is 7.11 Å². The van der Waals surface area contributed by atoms with Crippen molar-refractivity contribution >= 4 is 5.78 Å². The Labute approximate surface area is 127 Å². The topological polar surface area (TPSA) is 59.0 Å². The fourth-order valence-electron chi connectivity index (χ4n) is 3.67. The van der Waals surface area contributed by atoms with Crippen molar-refractivity contribution in [2.45, 2.75) is 57.3 Å². The molecule has 0 spiro atoms. The van der Waals surface area contributed by atoms with E-state index in [4.69, 9.17) is 9.47 Å². The number of ether oxygens (including phenoxy) is 2. The molecule has 0 amide bonds. The molecule has 122 valence electrons. The van der Waals surface area contributed by atoms with E-state index in [2.05, 4.69) is 4.90 Å². The molecule has 0 aromatic rings. The highest BCUT2D eigenvalue weighted by Crippen LogP contribution is 2.33. The number of nitrogens with zero attached hydrogens (tertiary/aromatic N) is 1. The van der Waals surface area contributed by atoms with Crippen LogP contribution in [-0.4, -0.2) is 67.5 Å². The average Bonchev–Trinajstić information content (AvgIpc) is 3.05. The standard InChI is InChI=1S/C16H29NO4/c1-12(10-20-2)21-11-13(18)9-17-8-4-6-15(17)14-5-3-7-16(14)19/h12-15,18H,3-11H2,1-2H3. The second kappa shape index (κ2) is 8.22. The second-order valence-corrected chi connectivity index (χ2v) is 6.42. The van der Waals surface area contributed by atoms with Gasteiger partial charge in [-0.05, 0) is 39.2 Å². The van der Waals surface area contributed by atoms with E-state index in [9.17, 15) is 9.90 Å². The summed E-state index contributed by atoms with van der Waals surface area (Å²) in [5, 5.41) is 10.2. The minimum atomic E-state index is -0.499. The Morgan fingerprint density at radius 3 is 2.81 bits per heavy atom. The van der Waals surface area contributed by atoms with Crippen molar-refractivity contribution in [2.75, 3.05) is 33.4 Å². The van der Waals surface area contributed by atoms with Crippen molar-refractivity contribution < 1.29 is 19.4 Å². The van der Waals surface area contributed by atoms with Crippen molar-refractivity contribution in [3.63, 3.8) is 0 Å². The van der Waals surface area contributed by atoms with Crippen LogP contribution in [0, 0.1) is 5.92 Å². The molecular formula is C16H29NO4. The molecule has 0 radical (unpaired) electrons. The maximum Gasteiger partial charge on any atom is 0.137 e. The molecule has 2 fully saturated rings. The highest BCUT2D eigenvalue weighted by Gasteiger charge is 2.38. The van der Waals surface area contributed by atoms with Gasteiger partial charge < -0.3 is 14.6 Å². The molecule has 1 saturated carbocycles. The van der Waals surface area contributed by atoms with Crippen LogP contribution in [-0.2, 0) is 14.3 Å². The number of hydrogen-bond acceptors (Lipinski definition) is 5. The van der Waals surface area contributed by atoms with Crippen LogP contribution in [0.3, 0.4) is 0 Å². The molecule has 1 saturated heterocycles. The minimum Gasteiger partial charge on any atom is -0.389 e. The van der Waals surface area contributed by atoms with Gasteiger partial charge in [0.2, 0.25) is 0 Å². The first-order valence-corrected chi connectivity index (χ1v) is 8.17. The van der Waals surface area contributed by atoms with Crippen LogP contribution in [0.4, 0.5) is 0 Å². The number of aliphatic hydroxyl groups is 1. The van der Waals surface area contributed by atoms with E-state index in [-0.39, 0.29) is 12.0 Å². The van der Waals surface area contributed by atoms with E-state index in [1.165, 1.54) is 0 Å². The predicted octanol–water partition coefficient (Wildman–Crippen LogP) is 1.23. The van der Waals surface area contributed by atoms with Crippen molar-refractivity contribution in [1.29, 1.82) is 0 Å². The number of β-amino-alcohol motifs (C(OH)–C–C–N with tert-alkyl or cyclic N) is 1. The van der Waals surface area contributed by atoms with Gasteiger partial charge in [-0.1, -0.05) is 0 Å². The Morgan fingerprint density at radius 1 is 1.33 bits per heavy atom. The van der Waals surface area contributed by atoms with Crippen LogP contribution in [0.2, 0.25) is 0 Å². The molecule has 2 aliphatic rings. The summed E-state index contributed by atoms with van der Waals surface area (Å²) in [5.41, 5.74) is 0. The van der Waals surface area contributed by atoms with Crippen molar-refractivity contribution in [1.82, 2.24) is 4.90 Å². The lowest BCUT2D eigenvalue weighted by Gasteiger charge is -2.30. The lowest BCUT2D eigenvalue weighted by atomic mass is 9.95. The maximum atomic E-state index is 12.0. The van der Waals surface area contributed by atoms with Crippen LogP contribution in [0.5, 0.6) is 0 Å². The summed E-state index contributed by atoms with van der Waals surface area (Å²) in [5.74, 6) is 0.624. The molecule has 0 aromatic heterocycles. The SMILES string of the molecule is COCC(C)OCC(O)CN1CCCC1C1CCCC1=O. The fraction of sp³-hybridized carbons (Fsp3) is 0.938. The molecule has 2 rings (SSSR count). The first-order valence-electron chi connectivity index (χ1n) is 8.17. The molecule has 4 atom stereocenters. The van der Waals surface area contributed by atoms with Gasteiger partial charge in [-0.15, -0.1) is 0 Å². The lowest BCUT2D eigenvalue weighted by Crippen LogP contribution is -2.43. The summed E-state index contributed by atoms with van der Waals surface area (Å²) in [6.07, 6.45) is 4.52. The number of ketones is 1. The van der Waals surface area contributed by atoms with E-state index < -0.39 is 6.10 Å². The van der Waals surface area contributed by atoms with Crippen molar-refractivity contribution in [3.05, 3.63) is 0 Å². The lowest BCUT2D eigenvalue weighted by molar-refractivity contribution is -0.122. The summed E-state index contributed by atoms with van der Waals surface area (Å²) in [6.45, 7) is 4.39. The van der Waals surface area contributed by atoms with Gasteiger partial charge in [0.1, 0.15) is 5.78 Å². The third-order valence-corrected chi connectivity index (χ3v) is 4.65. The van der Waals surface area contributed by atoms with Crippen LogP contribution >= 0.6 is 0 Å². The van der Waals surface area contributed by atoms with E-state index in [0.717, 1.165) is 38.6 Å². The number of carbonyl (C=O) groups excluding carboxylic acids is 1. The van der Waals surface area contributed by atoms with Gasteiger partial charge in [0.15, 0.2) is 0 Å². The summed E-state index contributed by atoms with van der Waals surface area (Å²) < 4.78 is 10.6. The first kappa shape index (κ1) is 16.9. The largest absolute Gasteiger partial charge is 0.389 e. The minimum absolute atomic E-state index is 0.00423. The zero-order valence-corrected chi connectivity index (χ0v) is 13.3. The normalized spacial score (nSPS) is 30.0. The predicted molar refractivity (Wildman–Crippen MR) is 80.2 cm³/mol. The molecule has 1 heterocycles. The molecule has 1 aliphatic heterocycles. The number of methoxy groups -OCH3 is 1. The molecular weight excluding hydrogens is 270 g/mol. The zero-order chi connectivity index (χ0) is 15.2. The Hall–Kier alpha value is -0.490. The Morgan fingerprint density at radius 2 is 2.14 bits per heavy atom. The van der Waals surface area contributed by atoms with Gasteiger partial charge in [0.05, 0.1) is 25.4 Å². The summed E-state index contributed by atoms with van der Waals surface area (Å²) in [4.78, 5) is 14.2. The molecule has 5 nitrogen and oxygen atoms in total. The number of aliphatic hydroxyl groups excluding tert-OH is 1. The molecule has 1 aliphatic carbocycles.